The summed E-state index contributed by atoms with van der Waals surface area (Å²) in [6.07, 6.45) is 4.93. The fraction of sp³-hybridized carbons (Fsp3) is 0.154. The molecule has 18 heavy (non-hydrogen) atoms. The summed E-state index contributed by atoms with van der Waals surface area (Å²) in [5.74, 6) is 0.388. The lowest BCUT2D eigenvalue weighted by atomic mass is 10.2. The van der Waals surface area contributed by atoms with Crippen molar-refractivity contribution in [2.75, 3.05) is 10.6 Å². The highest BCUT2D eigenvalue weighted by atomic mass is 16.2. The Labute approximate surface area is 105 Å². The Morgan fingerprint density at radius 3 is 2.72 bits per heavy atom. The van der Waals surface area contributed by atoms with Crippen molar-refractivity contribution < 1.29 is 4.79 Å². The van der Waals surface area contributed by atoms with E-state index in [1.807, 2.05) is 6.92 Å². The molecule has 0 saturated carbocycles. The van der Waals surface area contributed by atoms with Crippen LogP contribution in [0.4, 0.5) is 17.2 Å². The number of aryl methyl sites for hydroxylation is 1. The molecule has 0 unspecified atom stereocenters. The minimum Gasteiger partial charge on any atom is -0.399 e. The van der Waals surface area contributed by atoms with E-state index < -0.39 is 0 Å². The molecule has 1 amide bonds. The first-order chi connectivity index (χ1) is 8.59. The van der Waals surface area contributed by atoms with Gasteiger partial charge in [0, 0.05) is 37.3 Å². The van der Waals surface area contributed by atoms with Gasteiger partial charge in [-0.15, -0.1) is 0 Å². The lowest BCUT2D eigenvalue weighted by Gasteiger charge is -2.21. The fourth-order valence-corrected chi connectivity index (χ4v) is 1.73. The van der Waals surface area contributed by atoms with Gasteiger partial charge in [0.25, 0.3) is 0 Å². The Morgan fingerprint density at radius 2 is 2.11 bits per heavy atom. The Hall–Kier alpha value is -2.43. The number of pyridine rings is 2. The van der Waals surface area contributed by atoms with Crippen LogP contribution in [-0.2, 0) is 4.79 Å². The van der Waals surface area contributed by atoms with Crippen molar-refractivity contribution in [2.24, 2.45) is 0 Å². The van der Waals surface area contributed by atoms with Gasteiger partial charge in [0.1, 0.15) is 5.82 Å². The minimum absolute atomic E-state index is 0.123. The second kappa shape index (κ2) is 4.83. The molecule has 0 saturated heterocycles. The number of carbonyl (C=O) groups excluding carboxylic acids is 1. The summed E-state index contributed by atoms with van der Waals surface area (Å²) in [4.78, 5) is 21.6. The lowest BCUT2D eigenvalue weighted by molar-refractivity contribution is -0.115. The average Bonchev–Trinajstić information content (AvgIpc) is 2.32. The Bertz CT molecular complexity index is 583. The molecule has 0 bridgehead atoms. The molecule has 2 heterocycles. The van der Waals surface area contributed by atoms with Crippen LogP contribution >= 0.6 is 0 Å². The lowest BCUT2D eigenvalue weighted by Crippen LogP contribution is -2.24. The first kappa shape index (κ1) is 12.0. The van der Waals surface area contributed by atoms with Crippen molar-refractivity contribution in [1.82, 2.24) is 9.97 Å². The largest absolute Gasteiger partial charge is 0.399 e. The molecular weight excluding hydrogens is 228 g/mol. The topological polar surface area (TPSA) is 72.1 Å². The van der Waals surface area contributed by atoms with E-state index in [9.17, 15) is 4.79 Å². The molecule has 5 heteroatoms. The molecule has 2 N–H and O–H groups in total. The summed E-state index contributed by atoms with van der Waals surface area (Å²) in [6.45, 7) is 3.38. The second-order valence-electron chi connectivity index (χ2n) is 3.96. The summed E-state index contributed by atoms with van der Waals surface area (Å²) in [5.41, 5.74) is 7.95. The van der Waals surface area contributed by atoms with Crippen LogP contribution in [0, 0.1) is 6.92 Å². The summed E-state index contributed by atoms with van der Waals surface area (Å²) < 4.78 is 0. The number of aromatic nitrogens is 2. The monoisotopic (exact) mass is 242 g/mol. The maximum atomic E-state index is 11.8. The van der Waals surface area contributed by atoms with E-state index in [0.29, 0.717) is 11.5 Å². The molecule has 0 aliphatic rings. The molecular formula is C13H14N4O. The summed E-state index contributed by atoms with van der Waals surface area (Å²) in [7, 11) is 0. The van der Waals surface area contributed by atoms with E-state index in [1.54, 1.807) is 36.8 Å². The van der Waals surface area contributed by atoms with Gasteiger partial charge in [0.05, 0.1) is 5.69 Å². The zero-order valence-corrected chi connectivity index (χ0v) is 10.3. The number of amides is 1. The van der Waals surface area contributed by atoms with Crippen LogP contribution < -0.4 is 10.6 Å². The second-order valence-corrected chi connectivity index (χ2v) is 3.96. The number of nitrogens with zero attached hydrogens (tertiary/aromatic N) is 3. The van der Waals surface area contributed by atoms with Crippen LogP contribution in [0.15, 0.2) is 36.8 Å². The number of hydrogen-bond acceptors (Lipinski definition) is 4. The number of nitrogen functional groups attached to an aromatic ring is 1. The van der Waals surface area contributed by atoms with E-state index in [-0.39, 0.29) is 5.91 Å². The van der Waals surface area contributed by atoms with E-state index in [0.717, 1.165) is 11.3 Å². The van der Waals surface area contributed by atoms with Gasteiger partial charge >= 0.3 is 0 Å². The van der Waals surface area contributed by atoms with Gasteiger partial charge in [-0.1, -0.05) is 0 Å². The third-order valence-corrected chi connectivity index (χ3v) is 2.55. The highest BCUT2D eigenvalue weighted by Crippen LogP contribution is 2.27. The van der Waals surface area contributed by atoms with Gasteiger partial charge in [-0.3, -0.25) is 14.7 Å². The molecule has 0 fully saturated rings. The van der Waals surface area contributed by atoms with Gasteiger partial charge in [-0.25, -0.2) is 4.98 Å². The van der Waals surface area contributed by atoms with Gasteiger partial charge in [0.15, 0.2) is 0 Å². The predicted molar refractivity (Wildman–Crippen MR) is 70.4 cm³/mol. The molecule has 5 nitrogen and oxygen atoms in total. The van der Waals surface area contributed by atoms with E-state index in [4.69, 9.17) is 5.73 Å². The smallest absolute Gasteiger partial charge is 0.229 e. The molecule has 2 aromatic rings. The van der Waals surface area contributed by atoms with Crippen molar-refractivity contribution in [2.45, 2.75) is 13.8 Å². The molecule has 92 valence electrons. The Kier molecular flexibility index (Phi) is 3.23. The van der Waals surface area contributed by atoms with Gasteiger partial charge in [0.2, 0.25) is 5.91 Å². The average molecular weight is 242 g/mol. The molecule has 2 aromatic heterocycles. The quantitative estimate of drug-likeness (QED) is 0.874. The standard InChI is InChI=1S/C13H14N4O/c1-9-8-15-5-4-12(9)17(10(2)18)13-7-11(14)3-6-16-13/h3-8H,1-2H3,(H2,14,16). The van der Waals surface area contributed by atoms with Crippen LogP contribution in [0.1, 0.15) is 12.5 Å². The van der Waals surface area contributed by atoms with Crippen molar-refractivity contribution in [3.8, 4) is 0 Å². The zero-order chi connectivity index (χ0) is 13.1. The highest BCUT2D eigenvalue weighted by Gasteiger charge is 2.17. The molecule has 0 aliphatic heterocycles. The van der Waals surface area contributed by atoms with Crippen LogP contribution in [0.3, 0.4) is 0 Å². The Morgan fingerprint density at radius 1 is 1.33 bits per heavy atom. The summed E-state index contributed by atoms with van der Waals surface area (Å²) in [6, 6.07) is 5.13. The van der Waals surface area contributed by atoms with Crippen molar-refractivity contribution >= 4 is 23.1 Å². The predicted octanol–water partition coefficient (Wildman–Crippen LogP) is 2.05. The third-order valence-electron chi connectivity index (χ3n) is 2.55. The number of anilines is 3. The van der Waals surface area contributed by atoms with E-state index in [1.165, 1.54) is 11.8 Å². The first-order valence-electron chi connectivity index (χ1n) is 5.52. The molecule has 0 spiro atoms. The summed E-state index contributed by atoms with van der Waals surface area (Å²) >= 11 is 0. The van der Waals surface area contributed by atoms with Crippen LogP contribution in [0.5, 0.6) is 0 Å². The third kappa shape index (κ3) is 2.29. The van der Waals surface area contributed by atoms with E-state index in [2.05, 4.69) is 9.97 Å². The summed E-state index contributed by atoms with van der Waals surface area (Å²) in [5, 5.41) is 0. The first-order valence-corrected chi connectivity index (χ1v) is 5.52. The van der Waals surface area contributed by atoms with Crippen LogP contribution in [0.25, 0.3) is 0 Å². The Balaban J connectivity index is 2.54. The maximum absolute atomic E-state index is 11.8. The number of rotatable bonds is 2. The molecule has 0 atom stereocenters. The molecule has 0 aliphatic carbocycles. The fourth-order valence-electron chi connectivity index (χ4n) is 1.73. The SMILES string of the molecule is CC(=O)N(c1cc(N)ccn1)c1ccncc1C. The van der Waals surface area contributed by atoms with Crippen molar-refractivity contribution in [1.29, 1.82) is 0 Å². The number of carbonyl (C=O) groups is 1. The van der Waals surface area contributed by atoms with E-state index >= 15 is 0 Å². The van der Waals surface area contributed by atoms with Gasteiger partial charge in [-0.05, 0) is 24.6 Å². The van der Waals surface area contributed by atoms with Gasteiger partial charge in [-0.2, -0.15) is 0 Å². The van der Waals surface area contributed by atoms with Crippen LogP contribution in [0.2, 0.25) is 0 Å². The molecule has 0 radical (unpaired) electrons. The highest BCUT2D eigenvalue weighted by molar-refractivity contribution is 5.99. The molecule has 2 rings (SSSR count). The number of nitrogens with two attached hydrogens (primary N) is 1. The van der Waals surface area contributed by atoms with Crippen molar-refractivity contribution in [3.05, 3.63) is 42.4 Å². The number of hydrogen-bond donors (Lipinski definition) is 1. The van der Waals surface area contributed by atoms with Gasteiger partial charge < -0.3 is 5.73 Å². The maximum Gasteiger partial charge on any atom is 0.229 e. The zero-order valence-electron chi connectivity index (χ0n) is 10.3. The normalized spacial score (nSPS) is 10.1. The molecule has 0 aromatic carbocycles. The van der Waals surface area contributed by atoms with Crippen LogP contribution in [-0.4, -0.2) is 15.9 Å². The van der Waals surface area contributed by atoms with Crippen molar-refractivity contribution in [3.63, 3.8) is 0 Å². The minimum atomic E-state index is -0.123.